The summed E-state index contributed by atoms with van der Waals surface area (Å²) in [7, 11) is 3.00. The Bertz CT molecular complexity index is 915. The van der Waals surface area contributed by atoms with Gasteiger partial charge in [0.25, 0.3) is 0 Å². The molecule has 2 N–H and O–H groups in total. The number of nitrogens with zero attached hydrogens (tertiary/aromatic N) is 1. The van der Waals surface area contributed by atoms with Crippen molar-refractivity contribution in [2.75, 3.05) is 42.9 Å². The zero-order valence-electron chi connectivity index (χ0n) is 16.3. The van der Waals surface area contributed by atoms with Gasteiger partial charge < -0.3 is 25.0 Å². The molecule has 0 saturated carbocycles. The quantitative estimate of drug-likeness (QED) is 0.747. The highest BCUT2D eigenvalue weighted by Crippen LogP contribution is 2.28. The molecule has 29 heavy (non-hydrogen) atoms. The van der Waals surface area contributed by atoms with E-state index in [1.165, 1.54) is 7.11 Å². The Morgan fingerprint density at radius 3 is 2.52 bits per heavy atom. The summed E-state index contributed by atoms with van der Waals surface area (Å²) in [6, 6.07) is 14.0. The molecule has 1 aliphatic rings. The highest BCUT2D eigenvalue weighted by atomic mass is 16.5. The number of hydrogen-bond donors (Lipinski definition) is 2. The summed E-state index contributed by atoms with van der Waals surface area (Å²) in [6.45, 7) is 0.239. The molecule has 1 saturated heterocycles. The van der Waals surface area contributed by atoms with Crippen molar-refractivity contribution in [3.05, 3.63) is 48.5 Å². The van der Waals surface area contributed by atoms with Gasteiger partial charge in [-0.2, -0.15) is 0 Å². The lowest BCUT2D eigenvalue weighted by molar-refractivity contribution is -0.122. The van der Waals surface area contributed by atoms with E-state index in [0.29, 0.717) is 29.4 Å². The van der Waals surface area contributed by atoms with Crippen LogP contribution in [0.2, 0.25) is 0 Å². The number of nitrogens with one attached hydrogen (secondary N) is 2. The maximum absolute atomic E-state index is 12.7. The van der Waals surface area contributed by atoms with E-state index in [9.17, 15) is 14.4 Å². The molecule has 0 radical (unpaired) electrons. The van der Waals surface area contributed by atoms with E-state index in [1.807, 2.05) is 6.07 Å². The highest BCUT2D eigenvalue weighted by Gasteiger charge is 2.35. The minimum absolute atomic E-state index is 0.0547. The van der Waals surface area contributed by atoms with Gasteiger partial charge in [0.2, 0.25) is 17.7 Å². The maximum Gasteiger partial charge on any atom is 0.250 e. The van der Waals surface area contributed by atoms with Crippen LogP contribution in [0.25, 0.3) is 0 Å². The zero-order chi connectivity index (χ0) is 20.8. The fourth-order valence-corrected chi connectivity index (χ4v) is 3.16. The molecule has 1 aliphatic heterocycles. The number of hydrogen-bond acceptors (Lipinski definition) is 5. The molecule has 0 bridgehead atoms. The molecule has 2 aromatic carbocycles. The minimum atomic E-state index is -0.472. The third-order valence-corrected chi connectivity index (χ3v) is 4.55. The minimum Gasteiger partial charge on any atom is -0.497 e. The van der Waals surface area contributed by atoms with Gasteiger partial charge in [0, 0.05) is 43.2 Å². The lowest BCUT2D eigenvalue weighted by atomic mass is 10.1. The molecule has 0 unspecified atom stereocenters. The molecular weight excluding hydrogens is 374 g/mol. The topological polar surface area (TPSA) is 97.0 Å². The van der Waals surface area contributed by atoms with Crippen LogP contribution < -0.4 is 20.3 Å². The standard InChI is InChI=1S/C21H23N3O5/c1-28-13-19(25)22-15-5-3-6-16(10-15)23-21(27)14-9-20(26)24(12-14)17-7-4-8-18(11-17)29-2/h3-8,10-11,14H,9,12-13H2,1-2H3,(H,22,25)(H,23,27)/t14-/m0/s1. The molecule has 0 aliphatic carbocycles. The van der Waals surface area contributed by atoms with Crippen molar-refractivity contribution in [1.82, 2.24) is 0 Å². The fourth-order valence-electron chi connectivity index (χ4n) is 3.16. The van der Waals surface area contributed by atoms with Gasteiger partial charge in [-0.1, -0.05) is 12.1 Å². The number of benzene rings is 2. The van der Waals surface area contributed by atoms with Crippen molar-refractivity contribution in [2.24, 2.45) is 5.92 Å². The van der Waals surface area contributed by atoms with Gasteiger partial charge in [-0.25, -0.2) is 0 Å². The van der Waals surface area contributed by atoms with Crippen molar-refractivity contribution in [2.45, 2.75) is 6.42 Å². The van der Waals surface area contributed by atoms with Gasteiger partial charge in [-0.3, -0.25) is 14.4 Å². The Hall–Kier alpha value is -3.39. The first kappa shape index (κ1) is 20.3. The van der Waals surface area contributed by atoms with Crippen molar-refractivity contribution >= 4 is 34.8 Å². The van der Waals surface area contributed by atoms with Crippen molar-refractivity contribution < 1.29 is 23.9 Å². The van der Waals surface area contributed by atoms with Gasteiger partial charge in [-0.15, -0.1) is 0 Å². The van der Waals surface area contributed by atoms with E-state index >= 15 is 0 Å². The SMILES string of the molecule is COCC(=O)Nc1cccc(NC(=O)[C@H]2CC(=O)N(c3cccc(OC)c3)C2)c1. The molecule has 3 rings (SSSR count). The number of methoxy groups -OCH3 is 2. The largest absolute Gasteiger partial charge is 0.497 e. The number of anilines is 3. The smallest absolute Gasteiger partial charge is 0.250 e. The van der Waals surface area contributed by atoms with Crippen LogP contribution in [0.5, 0.6) is 5.75 Å². The molecule has 8 nitrogen and oxygen atoms in total. The van der Waals surface area contributed by atoms with E-state index < -0.39 is 5.92 Å². The Labute approximate surface area is 168 Å². The van der Waals surface area contributed by atoms with Crippen LogP contribution in [0.15, 0.2) is 48.5 Å². The van der Waals surface area contributed by atoms with Crippen LogP contribution in [-0.4, -0.2) is 45.1 Å². The highest BCUT2D eigenvalue weighted by molar-refractivity contribution is 6.04. The number of carbonyl (C=O) groups is 3. The Morgan fingerprint density at radius 2 is 1.79 bits per heavy atom. The van der Waals surface area contributed by atoms with Crippen LogP contribution in [0.4, 0.5) is 17.1 Å². The number of carbonyl (C=O) groups excluding carboxylic acids is 3. The van der Waals surface area contributed by atoms with Crippen LogP contribution in [-0.2, 0) is 19.1 Å². The molecule has 1 atom stereocenters. The van der Waals surface area contributed by atoms with Crippen LogP contribution in [0, 0.1) is 5.92 Å². The second-order valence-electron chi connectivity index (χ2n) is 6.66. The summed E-state index contributed by atoms with van der Waals surface area (Å²) in [5.74, 6) is -0.467. The average Bonchev–Trinajstić information content (AvgIpc) is 3.10. The van der Waals surface area contributed by atoms with E-state index in [2.05, 4.69) is 10.6 Å². The average molecular weight is 397 g/mol. The summed E-state index contributed by atoms with van der Waals surface area (Å²) < 4.78 is 9.98. The number of amides is 3. The van der Waals surface area contributed by atoms with Gasteiger partial charge >= 0.3 is 0 Å². The Balaban J connectivity index is 1.64. The Morgan fingerprint density at radius 1 is 1.07 bits per heavy atom. The van der Waals surface area contributed by atoms with Crippen LogP contribution >= 0.6 is 0 Å². The molecule has 0 spiro atoms. The third kappa shape index (κ3) is 5.11. The molecule has 3 amide bonds. The van der Waals surface area contributed by atoms with Gasteiger partial charge in [0.1, 0.15) is 12.4 Å². The first-order valence-corrected chi connectivity index (χ1v) is 9.14. The lowest BCUT2D eigenvalue weighted by Crippen LogP contribution is -2.28. The number of ether oxygens (including phenoxy) is 2. The van der Waals surface area contributed by atoms with Gasteiger partial charge in [0.15, 0.2) is 0 Å². The van der Waals surface area contributed by atoms with E-state index in [1.54, 1.807) is 54.5 Å². The third-order valence-electron chi connectivity index (χ3n) is 4.55. The molecule has 1 heterocycles. The molecule has 1 fully saturated rings. The van der Waals surface area contributed by atoms with Gasteiger partial charge in [-0.05, 0) is 30.3 Å². The first-order valence-electron chi connectivity index (χ1n) is 9.14. The van der Waals surface area contributed by atoms with E-state index in [4.69, 9.17) is 9.47 Å². The van der Waals surface area contributed by atoms with Gasteiger partial charge in [0.05, 0.1) is 13.0 Å². The summed E-state index contributed by atoms with van der Waals surface area (Å²) >= 11 is 0. The lowest BCUT2D eigenvalue weighted by Gasteiger charge is -2.17. The maximum atomic E-state index is 12.7. The van der Waals surface area contributed by atoms with E-state index in [0.717, 1.165) is 0 Å². The first-order chi connectivity index (χ1) is 14.0. The summed E-state index contributed by atoms with van der Waals surface area (Å²) in [4.78, 5) is 38.3. The van der Waals surface area contributed by atoms with Crippen molar-refractivity contribution in [3.63, 3.8) is 0 Å². The van der Waals surface area contributed by atoms with Crippen molar-refractivity contribution in [3.8, 4) is 5.75 Å². The van der Waals surface area contributed by atoms with Crippen LogP contribution in [0.1, 0.15) is 6.42 Å². The fraction of sp³-hybridized carbons (Fsp3) is 0.286. The molecule has 0 aromatic heterocycles. The molecule has 8 heteroatoms. The van der Waals surface area contributed by atoms with Crippen molar-refractivity contribution in [1.29, 1.82) is 0 Å². The summed E-state index contributed by atoms with van der Waals surface area (Å²) in [5.41, 5.74) is 1.79. The predicted octanol–water partition coefficient (Wildman–Crippen LogP) is 2.27. The summed E-state index contributed by atoms with van der Waals surface area (Å²) in [6.07, 6.45) is 0.132. The normalized spacial score (nSPS) is 15.9. The van der Waals surface area contributed by atoms with Crippen LogP contribution in [0.3, 0.4) is 0 Å². The second kappa shape index (κ2) is 9.20. The molecule has 2 aromatic rings. The monoisotopic (exact) mass is 397 g/mol. The van der Waals surface area contributed by atoms with E-state index in [-0.39, 0.29) is 30.7 Å². The molecule has 152 valence electrons. The Kier molecular flexibility index (Phi) is 6.46. The summed E-state index contributed by atoms with van der Waals surface area (Å²) in [5, 5.41) is 5.50. The second-order valence-corrected chi connectivity index (χ2v) is 6.66. The number of rotatable bonds is 7. The molecular formula is C21H23N3O5. The zero-order valence-corrected chi connectivity index (χ0v) is 16.3. The predicted molar refractivity (Wildman–Crippen MR) is 109 cm³/mol.